The van der Waals surface area contributed by atoms with Crippen LogP contribution in [0.25, 0.3) is 0 Å². The minimum absolute atomic E-state index is 0.101. The van der Waals surface area contributed by atoms with Crippen molar-refractivity contribution in [2.24, 2.45) is 7.05 Å². The van der Waals surface area contributed by atoms with Gasteiger partial charge in [0.1, 0.15) is 0 Å². The second-order valence-electron chi connectivity index (χ2n) is 3.61. The van der Waals surface area contributed by atoms with E-state index in [0.717, 1.165) is 18.4 Å². The number of halogens is 1. The zero-order chi connectivity index (χ0) is 11.1. The molecule has 4 heteroatoms. The van der Waals surface area contributed by atoms with Gasteiger partial charge < -0.3 is 9.88 Å². The van der Waals surface area contributed by atoms with Gasteiger partial charge >= 0.3 is 0 Å². The van der Waals surface area contributed by atoms with Gasteiger partial charge in [0.15, 0.2) is 0 Å². The molecule has 0 aliphatic carbocycles. The van der Waals surface area contributed by atoms with Crippen LogP contribution in [0.15, 0.2) is 18.5 Å². The molecule has 1 aromatic heterocycles. The molecule has 1 N–H and O–H groups in total. The summed E-state index contributed by atoms with van der Waals surface area (Å²) >= 11 is 5.53. The van der Waals surface area contributed by atoms with E-state index >= 15 is 0 Å². The Morgan fingerprint density at radius 1 is 1.53 bits per heavy atom. The summed E-state index contributed by atoms with van der Waals surface area (Å²) in [5.41, 5.74) is 1.13. The molecule has 0 radical (unpaired) electrons. The van der Waals surface area contributed by atoms with Gasteiger partial charge in [-0.25, -0.2) is 0 Å². The number of aromatic nitrogens is 1. The molecule has 84 valence electrons. The number of amides is 1. The highest BCUT2D eigenvalue weighted by molar-refractivity contribution is 6.17. The van der Waals surface area contributed by atoms with E-state index in [1.807, 2.05) is 30.1 Å². The number of hydrogen-bond acceptors (Lipinski definition) is 1. The SMILES string of the molecule is Cn1ccc(CNC(=O)CCCCCl)c1. The van der Waals surface area contributed by atoms with Gasteiger partial charge in [-0.3, -0.25) is 4.79 Å². The van der Waals surface area contributed by atoms with Crippen LogP contribution < -0.4 is 5.32 Å². The van der Waals surface area contributed by atoms with Crippen LogP contribution in [-0.4, -0.2) is 16.4 Å². The zero-order valence-corrected chi connectivity index (χ0v) is 9.76. The number of rotatable bonds is 6. The molecule has 1 rings (SSSR count). The van der Waals surface area contributed by atoms with E-state index in [-0.39, 0.29) is 5.91 Å². The minimum atomic E-state index is 0.101. The van der Waals surface area contributed by atoms with Gasteiger partial charge in [0.25, 0.3) is 0 Å². The van der Waals surface area contributed by atoms with E-state index in [9.17, 15) is 4.79 Å². The van der Waals surface area contributed by atoms with Gasteiger partial charge in [-0.1, -0.05) is 0 Å². The van der Waals surface area contributed by atoms with E-state index in [0.29, 0.717) is 18.8 Å². The quantitative estimate of drug-likeness (QED) is 0.587. The molecule has 1 amide bonds. The Balaban J connectivity index is 2.16. The third-order valence-corrected chi connectivity index (χ3v) is 2.44. The Morgan fingerprint density at radius 2 is 2.33 bits per heavy atom. The van der Waals surface area contributed by atoms with Crippen LogP contribution in [-0.2, 0) is 18.4 Å². The maximum atomic E-state index is 11.3. The fraction of sp³-hybridized carbons (Fsp3) is 0.545. The summed E-state index contributed by atoms with van der Waals surface area (Å²) in [5, 5.41) is 2.88. The number of aryl methyl sites for hydroxylation is 1. The van der Waals surface area contributed by atoms with Crippen molar-refractivity contribution < 1.29 is 4.79 Å². The van der Waals surface area contributed by atoms with Gasteiger partial charge in [0.05, 0.1) is 0 Å². The number of carbonyl (C=O) groups excluding carboxylic acids is 1. The Morgan fingerprint density at radius 3 is 2.93 bits per heavy atom. The number of carbonyl (C=O) groups is 1. The fourth-order valence-corrected chi connectivity index (χ4v) is 1.52. The molecule has 0 spiro atoms. The Bertz CT molecular complexity index is 309. The van der Waals surface area contributed by atoms with Crippen LogP contribution >= 0.6 is 11.6 Å². The Kier molecular flexibility index (Phi) is 5.26. The first-order valence-corrected chi connectivity index (χ1v) is 5.69. The second-order valence-corrected chi connectivity index (χ2v) is 3.99. The average molecular weight is 229 g/mol. The number of nitrogens with one attached hydrogen (secondary N) is 1. The molecule has 15 heavy (non-hydrogen) atoms. The van der Waals surface area contributed by atoms with E-state index in [1.54, 1.807) is 0 Å². The van der Waals surface area contributed by atoms with Crippen molar-refractivity contribution in [2.45, 2.75) is 25.8 Å². The third kappa shape index (κ3) is 4.88. The summed E-state index contributed by atoms with van der Waals surface area (Å²) in [6.07, 6.45) is 6.30. The standard InChI is InChI=1S/C11H17ClN2O/c1-14-7-5-10(9-14)8-13-11(15)4-2-3-6-12/h5,7,9H,2-4,6,8H2,1H3,(H,13,15). The zero-order valence-electron chi connectivity index (χ0n) is 9.00. The van der Waals surface area contributed by atoms with Gasteiger partial charge in [-0.05, 0) is 24.5 Å². The molecule has 0 fully saturated rings. The maximum absolute atomic E-state index is 11.3. The van der Waals surface area contributed by atoms with E-state index < -0.39 is 0 Å². The van der Waals surface area contributed by atoms with Crippen molar-refractivity contribution in [3.05, 3.63) is 24.0 Å². The lowest BCUT2D eigenvalue weighted by Crippen LogP contribution is -2.22. The molecule has 0 saturated heterocycles. The summed E-state index contributed by atoms with van der Waals surface area (Å²) in [5.74, 6) is 0.732. The lowest BCUT2D eigenvalue weighted by atomic mass is 10.2. The third-order valence-electron chi connectivity index (χ3n) is 2.17. The molecule has 0 bridgehead atoms. The predicted molar refractivity (Wildman–Crippen MR) is 61.8 cm³/mol. The van der Waals surface area contributed by atoms with Gasteiger partial charge in [0.2, 0.25) is 5.91 Å². The molecule has 0 aliphatic rings. The molecule has 0 unspecified atom stereocenters. The maximum Gasteiger partial charge on any atom is 0.220 e. The molecule has 0 aliphatic heterocycles. The largest absolute Gasteiger partial charge is 0.357 e. The normalized spacial score (nSPS) is 10.3. The molecule has 0 saturated carbocycles. The molecular formula is C11H17ClN2O. The van der Waals surface area contributed by atoms with E-state index in [1.165, 1.54) is 0 Å². The van der Waals surface area contributed by atoms with Crippen molar-refractivity contribution in [3.63, 3.8) is 0 Å². The molecular weight excluding hydrogens is 212 g/mol. The monoisotopic (exact) mass is 228 g/mol. The van der Waals surface area contributed by atoms with Crippen molar-refractivity contribution >= 4 is 17.5 Å². The van der Waals surface area contributed by atoms with Gasteiger partial charge in [0, 0.05) is 38.3 Å². The molecule has 0 aromatic carbocycles. The number of unbranched alkanes of at least 4 members (excludes halogenated alkanes) is 1. The number of hydrogen-bond donors (Lipinski definition) is 1. The summed E-state index contributed by atoms with van der Waals surface area (Å²) < 4.78 is 1.97. The van der Waals surface area contributed by atoms with Crippen LogP contribution in [0.4, 0.5) is 0 Å². The van der Waals surface area contributed by atoms with Crippen molar-refractivity contribution in [2.75, 3.05) is 5.88 Å². The van der Waals surface area contributed by atoms with Crippen LogP contribution in [0.5, 0.6) is 0 Å². The smallest absolute Gasteiger partial charge is 0.220 e. The molecule has 0 atom stereocenters. The van der Waals surface area contributed by atoms with E-state index in [4.69, 9.17) is 11.6 Å². The lowest BCUT2D eigenvalue weighted by molar-refractivity contribution is -0.121. The van der Waals surface area contributed by atoms with Crippen molar-refractivity contribution in [1.29, 1.82) is 0 Å². The number of nitrogens with zero attached hydrogens (tertiary/aromatic N) is 1. The first kappa shape index (κ1) is 12.1. The second kappa shape index (κ2) is 6.51. The fourth-order valence-electron chi connectivity index (χ4n) is 1.33. The van der Waals surface area contributed by atoms with Crippen LogP contribution in [0.3, 0.4) is 0 Å². The molecule has 1 heterocycles. The van der Waals surface area contributed by atoms with Gasteiger partial charge in [-0.2, -0.15) is 0 Å². The highest BCUT2D eigenvalue weighted by Gasteiger charge is 2.01. The lowest BCUT2D eigenvalue weighted by Gasteiger charge is -2.02. The minimum Gasteiger partial charge on any atom is -0.357 e. The van der Waals surface area contributed by atoms with Crippen LogP contribution in [0.2, 0.25) is 0 Å². The topological polar surface area (TPSA) is 34.0 Å². The summed E-state index contributed by atoms with van der Waals surface area (Å²) in [6.45, 7) is 0.612. The summed E-state index contributed by atoms with van der Waals surface area (Å²) in [4.78, 5) is 11.3. The van der Waals surface area contributed by atoms with Crippen LogP contribution in [0.1, 0.15) is 24.8 Å². The van der Waals surface area contributed by atoms with Crippen molar-refractivity contribution in [3.8, 4) is 0 Å². The Labute approximate surface area is 95.4 Å². The average Bonchev–Trinajstić information content (AvgIpc) is 2.62. The summed E-state index contributed by atoms with van der Waals surface area (Å²) in [7, 11) is 1.96. The van der Waals surface area contributed by atoms with Crippen molar-refractivity contribution in [1.82, 2.24) is 9.88 Å². The van der Waals surface area contributed by atoms with E-state index in [2.05, 4.69) is 5.32 Å². The predicted octanol–water partition coefficient (Wildman–Crippen LogP) is 2.05. The number of alkyl halides is 1. The highest BCUT2D eigenvalue weighted by Crippen LogP contribution is 2.00. The first-order valence-electron chi connectivity index (χ1n) is 5.16. The molecule has 1 aromatic rings. The molecule has 3 nitrogen and oxygen atoms in total. The summed E-state index contributed by atoms with van der Waals surface area (Å²) in [6, 6.07) is 2.00. The highest BCUT2D eigenvalue weighted by atomic mass is 35.5. The van der Waals surface area contributed by atoms with Crippen LogP contribution in [0, 0.1) is 0 Å². The van der Waals surface area contributed by atoms with Gasteiger partial charge in [-0.15, -0.1) is 11.6 Å². The first-order chi connectivity index (χ1) is 7.22. The Hall–Kier alpha value is -0.960.